The molecule has 0 spiro atoms. The Morgan fingerprint density at radius 1 is 1.56 bits per heavy atom. The van der Waals surface area contributed by atoms with Gasteiger partial charge in [0.05, 0.1) is 24.0 Å². The number of carbonyl (C=O) groups is 1. The topological polar surface area (TPSA) is 81.2 Å². The first-order valence-electron chi connectivity index (χ1n) is 5.31. The third-order valence-corrected chi connectivity index (χ3v) is 2.63. The van der Waals surface area contributed by atoms with E-state index in [0.717, 1.165) is 5.76 Å². The lowest BCUT2D eigenvalue weighted by Gasteiger charge is -2.05. The van der Waals surface area contributed by atoms with Crippen LogP contribution in [0, 0.1) is 6.92 Å². The van der Waals surface area contributed by atoms with Gasteiger partial charge in [0.25, 0.3) is 5.91 Å². The number of halogens is 1. The maximum Gasteiger partial charge on any atom is 0.254 e. The van der Waals surface area contributed by atoms with Crippen LogP contribution in [0.4, 0.5) is 5.69 Å². The molecule has 5 nitrogen and oxygen atoms in total. The Bertz CT molecular complexity index is 580. The van der Waals surface area contributed by atoms with E-state index in [9.17, 15) is 4.79 Å². The summed E-state index contributed by atoms with van der Waals surface area (Å²) in [4.78, 5) is 15.7. The fourth-order valence-electron chi connectivity index (χ4n) is 1.47. The van der Waals surface area contributed by atoms with Crippen LogP contribution in [0.5, 0.6) is 0 Å². The second kappa shape index (κ2) is 5.10. The van der Waals surface area contributed by atoms with Crippen LogP contribution in [0.3, 0.4) is 0 Å². The largest absolute Gasteiger partial charge is 0.465 e. The highest BCUT2D eigenvalue weighted by Crippen LogP contribution is 2.15. The van der Waals surface area contributed by atoms with E-state index in [0.29, 0.717) is 11.4 Å². The number of nitrogens with one attached hydrogen (secondary N) is 1. The van der Waals surface area contributed by atoms with Crippen LogP contribution in [0.2, 0.25) is 5.15 Å². The molecule has 0 aromatic carbocycles. The second-order valence-corrected chi connectivity index (χ2v) is 4.16. The molecule has 6 heteroatoms. The molecule has 2 aromatic rings. The van der Waals surface area contributed by atoms with E-state index in [1.54, 1.807) is 6.07 Å². The predicted octanol–water partition coefficient (Wildman–Crippen LogP) is 2.15. The number of furan rings is 1. The van der Waals surface area contributed by atoms with Crippen molar-refractivity contribution >= 4 is 23.2 Å². The number of nitrogens with two attached hydrogens (primary N) is 1. The molecule has 2 rings (SSSR count). The van der Waals surface area contributed by atoms with Crippen LogP contribution < -0.4 is 11.1 Å². The summed E-state index contributed by atoms with van der Waals surface area (Å²) in [5, 5.41) is 2.81. The Morgan fingerprint density at radius 3 is 3.00 bits per heavy atom. The summed E-state index contributed by atoms with van der Waals surface area (Å²) < 4.78 is 5.34. The van der Waals surface area contributed by atoms with Gasteiger partial charge in [-0.25, -0.2) is 4.98 Å². The average molecular weight is 266 g/mol. The number of hydrogen-bond donors (Lipinski definition) is 2. The SMILES string of the molecule is Cc1ccc(CNC(=O)c2cc(N)cnc2Cl)o1. The van der Waals surface area contributed by atoms with Gasteiger partial charge in [-0.3, -0.25) is 4.79 Å². The molecular formula is C12H12ClN3O2. The first kappa shape index (κ1) is 12.4. The number of nitrogen functional groups attached to an aromatic ring is 1. The lowest BCUT2D eigenvalue weighted by molar-refractivity contribution is 0.0947. The molecule has 2 heterocycles. The minimum Gasteiger partial charge on any atom is -0.465 e. The highest BCUT2D eigenvalue weighted by molar-refractivity contribution is 6.32. The zero-order chi connectivity index (χ0) is 13.1. The van der Waals surface area contributed by atoms with Gasteiger partial charge in [-0.15, -0.1) is 0 Å². The van der Waals surface area contributed by atoms with E-state index in [4.69, 9.17) is 21.8 Å². The van der Waals surface area contributed by atoms with Gasteiger partial charge in [0.1, 0.15) is 16.7 Å². The fourth-order valence-corrected chi connectivity index (χ4v) is 1.66. The molecule has 0 saturated heterocycles. The quantitative estimate of drug-likeness (QED) is 0.833. The number of carbonyl (C=O) groups excluding carboxylic acids is 1. The van der Waals surface area contributed by atoms with Crippen molar-refractivity contribution in [2.75, 3.05) is 5.73 Å². The van der Waals surface area contributed by atoms with E-state index in [2.05, 4.69) is 10.3 Å². The van der Waals surface area contributed by atoms with Crippen LogP contribution in [-0.4, -0.2) is 10.9 Å². The Balaban J connectivity index is 2.05. The van der Waals surface area contributed by atoms with E-state index >= 15 is 0 Å². The van der Waals surface area contributed by atoms with E-state index in [1.807, 2.05) is 13.0 Å². The van der Waals surface area contributed by atoms with Gasteiger partial charge >= 0.3 is 0 Å². The van der Waals surface area contributed by atoms with E-state index < -0.39 is 0 Å². The maximum atomic E-state index is 11.9. The van der Waals surface area contributed by atoms with Crippen molar-refractivity contribution in [3.63, 3.8) is 0 Å². The summed E-state index contributed by atoms with van der Waals surface area (Å²) in [5.74, 6) is 1.13. The van der Waals surface area contributed by atoms with Gasteiger partial charge in [0.15, 0.2) is 0 Å². The lowest BCUT2D eigenvalue weighted by atomic mass is 10.2. The summed E-state index contributed by atoms with van der Waals surface area (Å²) in [6, 6.07) is 5.11. The molecule has 0 radical (unpaired) electrons. The summed E-state index contributed by atoms with van der Waals surface area (Å²) in [5.41, 5.74) is 6.19. The number of pyridine rings is 1. The van der Waals surface area contributed by atoms with Gasteiger partial charge in [0, 0.05) is 0 Å². The third kappa shape index (κ3) is 2.81. The van der Waals surface area contributed by atoms with Crippen LogP contribution in [0.15, 0.2) is 28.8 Å². The molecule has 0 bridgehead atoms. The number of hydrogen-bond acceptors (Lipinski definition) is 4. The Labute approximate surface area is 109 Å². The summed E-state index contributed by atoms with van der Waals surface area (Å²) >= 11 is 5.83. The number of anilines is 1. The van der Waals surface area contributed by atoms with E-state index in [1.165, 1.54) is 12.3 Å². The molecule has 0 saturated carbocycles. The van der Waals surface area contributed by atoms with Crippen molar-refractivity contribution in [1.29, 1.82) is 0 Å². The zero-order valence-electron chi connectivity index (χ0n) is 9.74. The first-order valence-corrected chi connectivity index (χ1v) is 5.68. The van der Waals surface area contributed by atoms with Crippen molar-refractivity contribution in [2.45, 2.75) is 13.5 Å². The number of aryl methyl sites for hydroxylation is 1. The fraction of sp³-hybridized carbons (Fsp3) is 0.167. The number of rotatable bonds is 3. The van der Waals surface area contributed by atoms with Gasteiger partial charge < -0.3 is 15.5 Å². The maximum absolute atomic E-state index is 11.9. The molecule has 1 amide bonds. The van der Waals surface area contributed by atoms with Crippen molar-refractivity contribution in [2.24, 2.45) is 0 Å². The van der Waals surface area contributed by atoms with E-state index in [-0.39, 0.29) is 23.2 Å². The zero-order valence-corrected chi connectivity index (χ0v) is 10.5. The molecule has 0 unspecified atom stereocenters. The molecule has 0 aliphatic carbocycles. The highest BCUT2D eigenvalue weighted by atomic mass is 35.5. The smallest absolute Gasteiger partial charge is 0.254 e. The molecule has 0 aliphatic rings. The monoisotopic (exact) mass is 265 g/mol. The minimum absolute atomic E-state index is 0.123. The summed E-state index contributed by atoms with van der Waals surface area (Å²) in [6.45, 7) is 2.13. The summed E-state index contributed by atoms with van der Waals surface area (Å²) in [6.07, 6.45) is 1.40. The van der Waals surface area contributed by atoms with Crippen LogP contribution in [0.1, 0.15) is 21.9 Å². The molecule has 0 atom stereocenters. The van der Waals surface area contributed by atoms with Crippen molar-refractivity contribution in [3.05, 3.63) is 46.6 Å². The molecule has 3 N–H and O–H groups in total. The van der Waals surface area contributed by atoms with Gasteiger partial charge in [-0.05, 0) is 25.1 Å². The third-order valence-electron chi connectivity index (χ3n) is 2.32. The van der Waals surface area contributed by atoms with Crippen molar-refractivity contribution in [1.82, 2.24) is 10.3 Å². The lowest BCUT2D eigenvalue weighted by Crippen LogP contribution is -2.23. The molecular weight excluding hydrogens is 254 g/mol. The van der Waals surface area contributed by atoms with Crippen molar-refractivity contribution in [3.8, 4) is 0 Å². The summed E-state index contributed by atoms with van der Waals surface area (Å²) in [7, 11) is 0. The number of amides is 1. The molecule has 94 valence electrons. The van der Waals surface area contributed by atoms with Crippen LogP contribution in [0.25, 0.3) is 0 Å². The van der Waals surface area contributed by atoms with Gasteiger partial charge in [-0.1, -0.05) is 11.6 Å². The number of aromatic nitrogens is 1. The second-order valence-electron chi connectivity index (χ2n) is 3.80. The van der Waals surface area contributed by atoms with Crippen LogP contribution in [-0.2, 0) is 6.54 Å². The molecule has 18 heavy (non-hydrogen) atoms. The molecule has 0 fully saturated rings. The number of nitrogens with zero attached hydrogens (tertiary/aromatic N) is 1. The highest BCUT2D eigenvalue weighted by Gasteiger charge is 2.12. The molecule has 0 aliphatic heterocycles. The standard InChI is InChI=1S/C12H12ClN3O2/c1-7-2-3-9(18-7)6-16-12(17)10-4-8(14)5-15-11(10)13/h2-5H,6,14H2,1H3,(H,16,17). The molecule has 2 aromatic heterocycles. The Hall–Kier alpha value is -2.01. The average Bonchev–Trinajstić information content (AvgIpc) is 2.75. The minimum atomic E-state index is -0.339. The predicted molar refractivity (Wildman–Crippen MR) is 68.3 cm³/mol. The van der Waals surface area contributed by atoms with Gasteiger partial charge in [-0.2, -0.15) is 0 Å². The van der Waals surface area contributed by atoms with Crippen molar-refractivity contribution < 1.29 is 9.21 Å². The normalized spacial score (nSPS) is 10.3. The Kier molecular flexibility index (Phi) is 3.53. The van der Waals surface area contributed by atoms with Gasteiger partial charge in [0.2, 0.25) is 0 Å². The Morgan fingerprint density at radius 2 is 2.33 bits per heavy atom. The van der Waals surface area contributed by atoms with Crippen LogP contribution >= 0.6 is 11.6 Å². The first-order chi connectivity index (χ1) is 8.56.